The number of piperidine rings is 1. The summed E-state index contributed by atoms with van der Waals surface area (Å²) in [6.45, 7) is 4.22. The smallest absolute Gasteiger partial charge is 0.321 e. The van der Waals surface area contributed by atoms with Gasteiger partial charge in [-0.1, -0.05) is 0 Å². The van der Waals surface area contributed by atoms with Crippen LogP contribution in [0.5, 0.6) is 0 Å². The van der Waals surface area contributed by atoms with Crippen LogP contribution in [0.3, 0.4) is 0 Å². The SMILES string of the molecule is O=C(Nc1ccc(N2CCCCC2)cc1)N1CCN(C(=O)c2ccco2)CC1. The van der Waals surface area contributed by atoms with Gasteiger partial charge in [-0.15, -0.1) is 0 Å². The number of hydrogen-bond donors (Lipinski definition) is 1. The summed E-state index contributed by atoms with van der Waals surface area (Å²) in [6, 6.07) is 11.3. The van der Waals surface area contributed by atoms with Gasteiger partial charge in [0.25, 0.3) is 5.91 Å². The summed E-state index contributed by atoms with van der Waals surface area (Å²) in [5.41, 5.74) is 2.00. The van der Waals surface area contributed by atoms with Gasteiger partial charge in [0.1, 0.15) is 0 Å². The molecule has 1 aromatic heterocycles. The van der Waals surface area contributed by atoms with Crippen molar-refractivity contribution >= 4 is 23.3 Å². The minimum atomic E-state index is -0.129. The highest BCUT2D eigenvalue weighted by molar-refractivity contribution is 5.92. The number of benzene rings is 1. The Bertz CT molecular complexity index is 790. The molecule has 2 saturated heterocycles. The van der Waals surface area contributed by atoms with Crippen LogP contribution in [-0.4, -0.2) is 61.0 Å². The topological polar surface area (TPSA) is 69.0 Å². The molecular weight excluding hydrogens is 356 g/mol. The molecule has 0 unspecified atom stereocenters. The highest BCUT2D eigenvalue weighted by Crippen LogP contribution is 2.22. The zero-order valence-corrected chi connectivity index (χ0v) is 16.0. The number of nitrogens with one attached hydrogen (secondary N) is 1. The molecule has 3 amide bonds. The molecule has 2 aliphatic heterocycles. The molecule has 3 heterocycles. The summed E-state index contributed by atoms with van der Waals surface area (Å²) in [5.74, 6) is 0.213. The minimum absolute atomic E-state index is 0.127. The number of nitrogens with zero attached hydrogens (tertiary/aromatic N) is 3. The highest BCUT2D eigenvalue weighted by atomic mass is 16.3. The second-order valence-corrected chi connectivity index (χ2v) is 7.28. The Morgan fingerprint density at radius 3 is 2.14 bits per heavy atom. The first-order valence-corrected chi connectivity index (χ1v) is 9.94. The number of hydrogen-bond acceptors (Lipinski definition) is 4. The maximum absolute atomic E-state index is 12.5. The predicted molar refractivity (Wildman–Crippen MR) is 108 cm³/mol. The van der Waals surface area contributed by atoms with E-state index in [0.717, 1.165) is 18.8 Å². The number of urea groups is 1. The molecule has 1 N–H and O–H groups in total. The lowest BCUT2D eigenvalue weighted by Gasteiger charge is -2.34. The summed E-state index contributed by atoms with van der Waals surface area (Å²) in [5, 5.41) is 2.96. The molecule has 2 fully saturated rings. The first-order valence-electron chi connectivity index (χ1n) is 9.94. The third-order valence-corrected chi connectivity index (χ3v) is 5.43. The molecule has 2 aromatic rings. The van der Waals surface area contributed by atoms with Crippen molar-refractivity contribution in [3.8, 4) is 0 Å². The Kier molecular flexibility index (Phi) is 5.50. The average molecular weight is 382 g/mol. The summed E-state index contributed by atoms with van der Waals surface area (Å²) in [4.78, 5) is 30.7. The predicted octanol–water partition coefficient (Wildman–Crippen LogP) is 3.26. The third-order valence-electron chi connectivity index (χ3n) is 5.43. The van der Waals surface area contributed by atoms with Crippen LogP contribution in [0.15, 0.2) is 47.1 Å². The largest absolute Gasteiger partial charge is 0.459 e. The van der Waals surface area contributed by atoms with Crippen LogP contribution in [-0.2, 0) is 0 Å². The van der Waals surface area contributed by atoms with E-state index in [1.165, 1.54) is 31.2 Å². The van der Waals surface area contributed by atoms with Crippen LogP contribution >= 0.6 is 0 Å². The van der Waals surface area contributed by atoms with Gasteiger partial charge in [-0.3, -0.25) is 4.79 Å². The molecular formula is C21H26N4O3. The van der Waals surface area contributed by atoms with Crippen molar-refractivity contribution in [1.82, 2.24) is 9.80 Å². The van der Waals surface area contributed by atoms with Gasteiger partial charge in [0.05, 0.1) is 6.26 Å². The number of anilines is 2. The van der Waals surface area contributed by atoms with Gasteiger partial charge in [-0.05, 0) is 55.7 Å². The van der Waals surface area contributed by atoms with Gasteiger partial charge >= 0.3 is 6.03 Å². The molecule has 28 heavy (non-hydrogen) atoms. The summed E-state index contributed by atoms with van der Waals surface area (Å²) in [7, 11) is 0. The van der Waals surface area contributed by atoms with E-state index in [1.54, 1.807) is 21.9 Å². The fourth-order valence-corrected chi connectivity index (χ4v) is 3.78. The summed E-state index contributed by atoms with van der Waals surface area (Å²) < 4.78 is 5.17. The van der Waals surface area contributed by atoms with Crippen molar-refractivity contribution < 1.29 is 14.0 Å². The Labute approximate surface area is 164 Å². The fraction of sp³-hybridized carbons (Fsp3) is 0.429. The van der Waals surface area contributed by atoms with Crippen molar-refractivity contribution in [1.29, 1.82) is 0 Å². The minimum Gasteiger partial charge on any atom is -0.459 e. The van der Waals surface area contributed by atoms with Crippen molar-refractivity contribution in [2.75, 3.05) is 49.5 Å². The van der Waals surface area contributed by atoms with Gasteiger partial charge < -0.3 is 24.4 Å². The van der Waals surface area contributed by atoms with Crippen LogP contribution in [0.2, 0.25) is 0 Å². The van der Waals surface area contributed by atoms with Gasteiger partial charge in [-0.2, -0.15) is 0 Å². The number of furan rings is 1. The van der Waals surface area contributed by atoms with Crippen LogP contribution in [0.25, 0.3) is 0 Å². The van der Waals surface area contributed by atoms with Gasteiger partial charge in [0.15, 0.2) is 5.76 Å². The fourth-order valence-electron chi connectivity index (χ4n) is 3.78. The van der Waals surface area contributed by atoms with Gasteiger partial charge in [0.2, 0.25) is 0 Å². The van der Waals surface area contributed by atoms with Crippen molar-refractivity contribution in [2.24, 2.45) is 0 Å². The number of piperazine rings is 1. The maximum atomic E-state index is 12.5. The van der Waals surface area contributed by atoms with Crippen LogP contribution in [0, 0.1) is 0 Å². The van der Waals surface area contributed by atoms with E-state index in [1.807, 2.05) is 12.1 Å². The Balaban J connectivity index is 1.28. The standard InChI is InChI=1S/C21H26N4O3/c26-20(19-5-4-16-28-19)24-12-14-25(15-13-24)21(27)22-17-6-8-18(9-7-17)23-10-2-1-3-11-23/h4-9,16H,1-3,10-15H2,(H,22,27). The van der Waals surface area contributed by atoms with Gasteiger partial charge in [0, 0.05) is 50.6 Å². The molecule has 0 saturated carbocycles. The third kappa shape index (κ3) is 4.13. The van der Waals surface area contributed by atoms with Crippen LogP contribution in [0.1, 0.15) is 29.8 Å². The molecule has 7 nitrogen and oxygen atoms in total. The molecule has 148 valence electrons. The van der Waals surface area contributed by atoms with Crippen molar-refractivity contribution in [3.63, 3.8) is 0 Å². The molecule has 0 radical (unpaired) electrons. The quantitative estimate of drug-likeness (QED) is 0.885. The average Bonchev–Trinajstić information content (AvgIpc) is 3.29. The van der Waals surface area contributed by atoms with E-state index in [4.69, 9.17) is 4.42 Å². The van der Waals surface area contributed by atoms with E-state index >= 15 is 0 Å². The lowest BCUT2D eigenvalue weighted by atomic mass is 10.1. The molecule has 0 bridgehead atoms. The second kappa shape index (κ2) is 8.37. The van der Waals surface area contributed by atoms with Crippen LogP contribution in [0.4, 0.5) is 16.2 Å². The van der Waals surface area contributed by atoms with Gasteiger partial charge in [-0.25, -0.2) is 4.79 Å². The normalized spacial score (nSPS) is 17.5. The lowest BCUT2D eigenvalue weighted by Crippen LogP contribution is -2.51. The van der Waals surface area contributed by atoms with Crippen molar-refractivity contribution in [3.05, 3.63) is 48.4 Å². The first kappa shape index (κ1) is 18.4. The number of rotatable bonds is 3. The number of carbonyl (C=O) groups is 2. The number of carbonyl (C=O) groups excluding carboxylic acids is 2. The first-order chi connectivity index (χ1) is 13.7. The molecule has 4 rings (SSSR count). The van der Waals surface area contributed by atoms with Crippen molar-refractivity contribution in [2.45, 2.75) is 19.3 Å². The molecule has 7 heteroatoms. The van der Waals surface area contributed by atoms with E-state index < -0.39 is 0 Å². The molecule has 1 aromatic carbocycles. The Hall–Kier alpha value is -2.96. The molecule has 0 aliphatic carbocycles. The Morgan fingerprint density at radius 2 is 1.50 bits per heavy atom. The lowest BCUT2D eigenvalue weighted by molar-refractivity contribution is 0.0640. The van der Waals surface area contributed by atoms with E-state index in [-0.39, 0.29) is 11.9 Å². The summed E-state index contributed by atoms with van der Waals surface area (Å²) in [6.07, 6.45) is 5.29. The highest BCUT2D eigenvalue weighted by Gasteiger charge is 2.26. The zero-order chi connectivity index (χ0) is 19.3. The maximum Gasteiger partial charge on any atom is 0.321 e. The van der Waals surface area contributed by atoms with E-state index in [0.29, 0.717) is 31.9 Å². The summed E-state index contributed by atoms with van der Waals surface area (Å²) >= 11 is 0. The van der Waals surface area contributed by atoms with Crippen LogP contribution < -0.4 is 10.2 Å². The van der Waals surface area contributed by atoms with E-state index in [2.05, 4.69) is 22.3 Å². The number of amides is 3. The van der Waals surface area contributed by atoms with E-state index in [9.17, 15) is 9.59 Å². The Morgan fingerprint density at radius 1 is 0.821 bits per heavy atom. The molecule has 2 aliphatic rings. The molecule has 0 spiro atoms. The molecule has 0 atom stereocenters. The second-order valence-electron chi connectivity index (χ2n) is 7.28. The monoisotopic (exact) mass is 382 g/mol. The zero-order valence-electron chi connectivity index (χ0n) is 16.0.